The van der Waals surface area contributed by atoms with Crippen molar-refractivity contribution >= 4 is 43.9 Å². The summed E-state index contributed by atoms with van der Waals surface area (Å²) in [6.07, 6.45) is 3.78. The molecule has 1 aliphatic rings. The molecule has 3 rings (SSSR count). The Morgan fingerprint density at radius 3 is 2.45 bits per heavy atom. The van der Waals surface area contributed by atoms with Gasteiger partial charge in [-0.3, -0.25) is 9.10 Å². The van der Waals surface area contributed by atoms with E-state index in [-0.39, 0.29) is 11.7 Å². The molecule has 0 atom stereocenters. The van der Waals surface area contributed by atoms with Gasteiger partial charge in [-0.25, -0.2) is 13.2 Å². The first-order chi connectivity index (χ1) is 13.8. The lowest BCUT2D eigenvalue weighted by atomic mass is 9.95. The van der Waals surface area contributed by atoms with Crippen molar-refractivity contribution in [3.63, 3.8) is 0 Å². The average molecular weight is 437 g/mol. The van der Waals surface area contributed by atoms with Gasteiger partial charge >= 0.3 is 5.97 Å². The summed E-state index contributed by atoms with van der Waals surface area (Å²) in [4.78, 5) is 26.2. The zero-order valence-corrected chi connectivity index (χ0v) is 18.3. The van der Waals surface area contributed by atoms with E-state index in [0.717, 1.165) is 36.1 Å². The number of fused-ring (bicyclic) bond motifs is 1. The van der Waals surface area contributed by atoms with Gasteiger partial charge in [-0.05, 0) is 62.4 Å². The third-order valence-electron chi connectivity index (χ3n) is 5.06. The van der Waals surface area contributed by atoms with Gasteiger partial charge in [0.25, 0.3) is 5.91 Å². The minimum atomic E-state index is -3.37. The van der Waals surface area contributed by atoms with Gasteiger partial charge < -0.3 is 10.1 Å². The Labute approximate surface area is 174 Å². The molecule has 0 unspecified atom stereocenters. The van der Waals surface area contributed by atoms with Crippen LogP contribution in [0, 0.1) is 0 Å². The van der Waals surface area contributed by atoms with Gasteiger partial charge in [0.05, 0.1) is 24.1 Å². The van der Waals surface area contributed by atoms with Gasteiger partial charge in [-0.15, -0.1) is 11.3 Å². The highest BCUT2D eigenvalue weighted by atomic mass is 32.2. The lowest BCUT2D eigenvalue weighted by Crippen LogP contribution is -2.28. The molecule has 29 heavy (non-hydrogen) atoms. The maximum absolute atomic E-state index is 12.7. The predicted molar refractivity (Wildman–Crippen MR) is 115 cm³/mol. The molecule has 1 aliphatic carbocycles. The van der Waals surface area contributed by atoms with Crippen LogP contribution in [-0.2, 0) is 27.6 Å². The molecular weight excluding hydrogens is 412 g/mol. The summed E-state index contributed by atoms with van der Waals surface area (Å²) in [5.41, 5.74) is 2.28. The molecule has 1 N–H and O–H groups in total. The van der Waals surface area contributed by atoms with Gasteiger partial charge in [0.1, 0.15) is 5.00 Å². The standard InChI is InChI=1S/C20H24N2O5S2/c1-4-29(25,26)22(2)14-11-9-13(10-12-14)18(23)21-19-17(20(24)27-3)15-7-5-6-8-16(15)28-19/h9-12H,4-8H2,1-3H3,(H,21,23). The summed E-state index contributed by atoms with van der Waals surface area (Å²) in [5.74, 6) is -0.812. The Hall–Kier alpha value is -2.39. The van der Waals surface area contributed by atoms with Crippen molar-refractivity contribution in [1.82, 2.24) is 0 Å². The number of aryl methyl sites for hydroxylation is 1. The summed E-state index contributed by atoms with van der Waals surface area (Å²) in [5, 5.41) is 3.34. The number of sulfonamides is 1. The van der Waals surface area contributed by atoms with E-state index in [1.165, 1.54) is 29.8 Å². The van der Waals surface area contributed by atoms with Crippen molar-refractivity contribution in [3.05, 3.63) is 45.8 Å². The number of anilines is 2. The molecule has 0 spiro atoms. The number of nitrogens with zero attached hydrogens (tertiary/aromatic N) is 1. The third-order valence-corrected chi connectivity index (χ3v) is 8.05. The van der Waals surface area contributed by atoms with Crippen molar-refractivity contribution in [2.24, 2.45) is 0 Å². The highest BCUT2D eigenvalue weighted by Crippen LogP contribution is 2.38. The third kappa shape index (κ3) is 4.30. The van der Waals surface area contributed by atoms with Crippen LogP contribution in [0.3, 0.4) is 0 Å². The molecule has 9 heteroatoms. The van der Waals surface area contributed by atoms with E-state index in [0.29, 0.717) is 21.8 Å². The fraction of sp³-hybridized carbons (Fsp3) is 0.400. The number of esters is 1. The number of benzene rings is 1. The summed E-state index contributed by atoms with van der Waals surface area (Å²) >= 11 is 1.42. The zero-order chi connectivity index (χ0) is 21.2. The van der Waals surface area contributed by atoms with Gasteiger partial charge in [0.2, 0.25) is 10.0 Å². The summed E-state index contributed by atoms with van der Waals surface area (Å²) in [6.45, 7) is 1.58. The number of amides is 1. The molecule has 0 saturated carbocycles. The first-order valence-corrected chi connectivity index (χ1v) is 11.8. The quantitative estimate of drug-likeness (QED) is 0.700. The fourth-order valence-corrected chi connectivity index (χ4v) is 5.43. The highest BCUT2D eigenvalue weighted by Gasteiger charge is 2.27. The largest absolute Gasteiger partial charge is 0.465 e. The van der Waals surface area contributed by atoms with Crippen LogP contribution in [0.15, 0.2) is 24.3 Å². The summed E-state index contributed by atoms with van der Waals surface area (Å²) < 4.78 is 30.1. The second kappa shape index (κ2) is 8.54. The molecular formula is C20H24N2O5S2. The van der Waals surface area contributed by atoms with E-state index in [9.17, 15) is 18.0 Å². The molecule has 0 fully saturated rings. The molecule has 0 radical (unpaired) electrons. The number of ether oxygens (including phenoxy) is 1. The molecule has 1 amide bonds. The molecule has 1 heterocycles. The number of hydrogen-bond donors (Lipinski definition) is 1. The number of rotatable bonds is 6. The van der Waals surface area contributed by atoms with Crippen LogP contribution in [0.25, 0.3) is 0 Å². The molecule has 0 aliphatic heterocycles. The smallest absolute Gasteiger partial charge is 0.341 e. The number of methoxy groups -OCH3 is 1. The molecule has 2 aromatic rings. The van der Waals surface area contributed by atoms with E-state index < -0.39 is 16.0 Å². The van der Waals surface area contributed by atoms with Crippen LogP contribution >= 0.6 is 11.3 Å². The minimum absolute atomic E-state index is 0.00884. The van der Waals surface area contributed by atoms with Crippen molar-refractivity contribution in [1.29, 1.82) is 0 Å². The summed E-state index contributed by atoms with van der Waals surface area (Å²) in [7, 11) is -0.557. The Morgan fingerprint density at radius 2 is 1.83 bits per heavy atom. The van der Waals surface area contributed by atoms with Crippen molar-refractivity contribution in [2.75, 3.05) is 29.5 Å². The van der Waals surface area contributed by atoms with Crippen LogP contribution in [0.1, 0.15) is 50.9 Å². The number of hydrogen-bond acceptors (Lipinski definition) is 6. The minimum Gasteiger partial charge on any atom is -0.465 e. The maximum Gasteiger partial charge on any atom is 0.341 e. The van der Waals surface area contributed by atoms with Gasteiger partial charge in [-0.1, -0.05) is 0 Å². The SMILES string of the molecule is CCS(=O)(=O)N(C)c1ccc(C(=O)Nc2sc3c(c2C(=O)OC)CCCC3)cc1. The molecule has 0 bridgehead atoms. The fourth-order valence-electron chi connectivity index (χ4n) is 3.32. The van der Waals surface area contributed by atoms with Crippen LogP contribution in [0.4, 0.5) is 10.7 Å². The molecule has 156 valence electrons. The summed E-state index contributed by atoms with van der Waals surface area (Å²) in [6, 6.07) is 6.31. The highest BCUT2D eigenvalue weighted by molar-refractivity contribution is 7.92. The second-order valence-electron chi connectivity index (χ2n) is 6.78. The van der Waals surface area contributed by atoms with Crippen molar-refractivity contribution < 1.29 is 22.7 Å². The lowest BCUT2D eigenvalue weighted by Gasteiger charge is -2.18. The second-order valence-corrected chi connectivity index (χ2v) is 10.2. The van der Waals surface area contributed by atoms with E-state index in [1.54, 1.807) is 31.2 Å². The molecule has 7 nitrogen and oxygen atoms in total. The zero-order valence-electron chi connectivity index (χ0n) is 16.6. The van der Waals surface area contributed by atoms with Crippen LogP contribution in [0.5, 0.6) is 0 Å². The van der Waals surface area contributed by atoms with Crippen LogP contribution in [0.2, 0.25) is 0 Å². The Morgan fingerprint density at radius 1 is 1.17 bits per heavy atom. The van der Waals surface area contributed by atoms with E-state index >= 15 is 0 Å². The predicted octanol–water partition coefficient (Wildman–Crippen LogP) is 3.45. The maximum atomic E-state index is 12.7. The van der Waals surface area contributed by atoms with Crippen LogP contribution < -0.4 is 9.62 Å². The number of carbonyl (C=O) groups excluding carboxylic acids is 2. The Kier molecular flexibility index (Phi) is 6.28. The van der Waals surface area contributed by atoms with Crippen LogP contribution in [-0.4, -0.2) is 40.2 Å². The van der Waals surface area contributed by atoms with E-state index in [1.807, 2.05) is 0 Å². The number of carbonyl (C=O) groups is 2. The Bertz CT molecular complexity index is 1030. The van der Waals surface area contributed by atoms with Crippen molar-refractivity contribution in [3.8, 4) is 0 Å². The number of nitrogens with one attached hydrogen (secondary N) is 1. The monoisotopic (exact) mass is 436 g/mol. The van der Waals surface area contributed by atoms with Crippen molar-refractivity contribution in [2.45, 2.75) is 32.6 Å². The van der Waals surface area contributed by atoms with E-state index in [2.05, 4.69) is 5.32 Å². The first-order valence-electron chi connectivity index (χ1n) is 9.39. The lowest BCUT2D eigenvalue weighted by molar-refractivity contribution is 0.0601. The molecule has 1 aromatic carbocycles. The van der Waals surface area contributed by atoms with Gasteiger partial charge in [0.15, 0.2) is 0 Å². The molecule has 1 aromatic heterocycles. The van der Waals surface area contributed by atoms with Gasteiger partial charge in [0, 0.05) is 17.5 Å². The normalized spacial score (nSPS) is 13.5. The topological polar surface area (TPSA) is 92.8 Å². The van der Waals surface area contributed by atoms with E-state index in [4.69, 9.17) is 4.74 Å². The van der Waals surface area contributed by atoms with Gasteiger partial charge in [-0.2, -0.15) is 0 Å². The first kappa shape index (κ1) is 21.3. The molecule has 0 saturated heterocycles. The average Bonchev–Trinajstić information content (AvgIpc) is 3.10. The number of thiophene rings is 1. The Balaban J connectivity index is 1.84.